The Labute approximate surface area is 178 Å². The SMILES string of the molecule is O=C(/C=C/c1ccc(OCc2c(F)cccc2Cl)cc1)NCc1cccc(Cl)c1. The lowest BCUT2D eigenvalue weighted by molar-refractivity contribution is -0.116. The fourth-order valence-corrected chi connectivity index (χ4v) is 3.00. The maximum Gasteiger partial charge on any atom is 0.244 e. The monoisotopic (exact) mass is 429 g/mol. The Bertz CT molecular complexity index is 999. The van der Waals surface area contributed by atoms with E-state index in [1.54, 1.807) is 54.6 Å². The highest BCUT2D eigenvalue weighted by molar-refractivity contribution is 6.31. The van der Waals surface area contributed by atoms with Crippen LogP contribution in [-0.2, 0) is 17.9 Å². The molecule has 0 aliphatic heterocycles. The summed E-state index contributed by atoms with van der Waals surface area (Å²) in [7, 11) is 0. The number of halogens is 3. The Balaban J connectivity index is 1.51. The van der Waals surface area contributed by atoms with Crippen LogP contribution in [0.2, 0.25) is 10.0 Å². The Hall–Kier alpha value is -2.82. The standard InChI is InChI=1S/C23H18Cl2FNO2/c24-18-4-1-3-17(13-18)14-27-23(28)12-9-16-7-10-19(11-8-16)29-15-20-21(25)5-2-6-22(20)26/h1-13H,14-15H2,(H,27,28)/b12-9+. The smallest absolute Gasteiger partial charge is 0.244 e. The van der Waals surface area contributed by atoms with E-state index < -0.39 is 5.82 Å². The molecule has 0 radical (unpaired) electrons. The largest absolute Gasteiger partial charge is 0.489 e. The molecule has 3 nitrogen and oxygen atoms in total. The Morgan fingerprint density at radius 2 is 1.79 bits per heavy atom. The molecule has 6 heteroatoms. The number of ether oxygens (including phenoxy) is 1. The van der Waals surface area contributed by atoms with E-state index in [9.17, 15) is 9.18 Å². The van der Waals surface area contributed by atoms with Crippen molar-refractivity contribution in [2.45, 2.75) is 13.2 Å². The van der Waals surface area contributed by atoms with E-state index in [1.165, 1.54) is 12.1 Å². The maximum atomic E-state index is 13.8. The van der Waals surface area contributed by atoms with Crippen LogP contribution in [0.4, 0.5) is 4.39 Å². The first-order valence-corrected chi connectivity index (χ1v) is 9.63. The van der Waals surface area contributed by atoms with Gasteiger partial charge in [-0.1, -0.05) is 53.5 Å². The molecular formula is C23H18Cl2FNO2. The molecule has 0 saturated heterocycles. The highest BCUT2D eigenvalue weighted by atomic mass is 35.5. The van der Waals surface area contributed by atoms with Crippen LogP contribution in [-0.4, -0.2) is 5.91 Å². The van der Waals surface area contributed by atoms with Gasteiger partial charge in [0.1, 0.15) is 18.2 Å². The van der Waals surface area contributed by atoms with Gasteiger partial charge in [-0.3, -0.25) is 4.79 Å². The van der Waals surface area contributed by atoms with Gasteiger partial charge in [-0.25, -0.2) is 4.39 Å². The van der Waals surface area contributed by atoms with Gasteiger partial charge in [0.05, 0.1) is 5.02 Å². The number of hydrogen-bond donors (Lipinski definition) is 1. The third kappa shape index (κ3) is 6.34. The minimum Gasteiger partial charge on any atom is -0.489 e. The summed E-state index contributed by atoms with van der Waals surface area (Å²) in [6, 6.07) is 18.9. The van der Waals surface area contributed by atoms with Crippen LogP contribution in [0.1, 0.15) is 16.7 Å². The fraction of sp³-hybridized carbons (Fsp3) is 0.0870. The van der Waals surface area contributed by atoms with Gasteiger partial charge in [-0.15, -0.1) is 0 Å². The molecule has 3 rings (SSSR count). The molecule has 1 amide bonds. The van der Waals surface area contributed by atoms with E-state index in [1.807, 2.05) is 12.1 Å². The Morgan fingerprint density at radius 3 is 2.52 bits per heavy atom. The summed E-state index contributed by atoms with van der Waals surface area (Å²) in [4.78, 5) is 12.0. The van der Waals surface area contributed by atoms with Gasteiger partial charge in [0.25, 0.3) is 0 Å². The average Bonchev–Trinajstić information content (AvgIpc) is 2.71. The quantitative estimate of drug-likeness (QED) is 0.464. The number of hydrogen-bond acceptors (Lipinski definition) is 2. The molecule has 1 N–H and O–H groups in total. The molecule has 29 heavy (non-hydrogen) atoms. The lowest BCUT2D eigenvalue weighted by Crippen LogP contribution is -2.20. The van der Waals surface area contributed by atoms with Crippen molar-refractivity contribution in [1.29, 1.82) is 0 Å². The summed E-state index contributed by atoms with van der Waals surface area (Å²) < 4.78 is 19.4. The predicted octanol–water partition coefficient (Wildman–Crippen LogP) is 6.04. The van der Waals surface area contributed by atoms with Gasteiger partial charge in [-0.05, 0) is 53.6 Å². The maximum absolute atomic E-state index is 13.8. The van der Waals surface area contributed by atoms with Gasteiger partial charge in [-0.2, -0.15) is 0 Å². The number of carbonyl (C=O) groups is 1. The summed E-state index contributed by atoms with van der Waals surface area (Å²) in [5, 5.41) is 3.76. The second-order valence-corrected chi connectivity index (χ2v) is 7.08. The second kappa shape index (κ2) is 10.1. The van der Waals surface area contributed by atoms with Crippen LogP contribution < -0.4 is 10.1 Å². The number of nitrogens with one attached hydrogen (secondary N) is 1. The lowest BCUT2D eigenvalue weighted by atomic mass is 10.2. The summed E-state index contributed by atoms with van der Waals surface area (Å²) in [6.45, 7) is 0.432. The fourth-order valence-electron chi connectivity index (χ4n) is 2.57. The van der Waals surface area contributed by atoms with E-state index in [0.717, 1.165) is 11.1 Å². The molecule has 0 aromatic heterocycles. The summed E-state index contributed by atoms with van der Waals surface area (Å²) in [6.07, 6.45) is 3.16. The van der Waals surface area contributed by atoms with Crippen LogP contribution in [0.3, 0.4) is 0 Å². The molecule has 3 aromatic rings. The Morgan fingerprint density at radius 1 is 1.03 bits per heavy atom. The summed E-state index contributed by atoms with van der Waals surface area (Å²) in [5.41, 5.74) is 2.07. The van der Waals surface area contributed by atoms with Crippen molar-refractivity contribution in [3.8, 4) is 5.75 Å². The first-order chi connectivity index (χ1) is 14.0. The third-order valence-corrected chi connectivity index (χ3v) is 4.70. The van der Waals surface area contributed by atoms with Crippen molar-refractivity contribution < 1.29 is 13.9 Å². The van der Waals surface area contributed by atoms with Crippen molar-refractivity contribution in [2.75, 3.05) is 0 Å². The molecule has 3 aromatic carbocycles. The molecule has 0 aliphatic rings. The number of benzene rings is 3. The van der Waals surface area contributed by atoms with E-state index >= 15 is 0 Å². The highest BCUT2D eigenvalue weighted by Gasteiger charge is 2.07. The van der Waals surface area contributed by atoms with Crippen molar-refractivity contribution >= 4 is 35.2 Å². The number of amides is 1. The van der Waals surface area contributed by atoms with Crippen molar-refractivity contribution in [3.05, 3.63) is 105 Å². The van der Waals surface area contributed by atoms with Gasteiger partial charge >= 0.3 is 0 Å². The zero-order valence-electron chi connectivity index (χ0n) is 15.4. The van der Waals surface area contributed by atoms with E-state index in [4.69, 9.17) is 27.9 Å². The van der Waals surface area contributed by atoms with Crippen LogP contribution in [0.5, 0.6) is 5.75 Å². The highest BCUT2D eigenvalue weighted by Crippen LogP contribution is 2.22. The topological polar surface area (TPSA) is 38.3 Å². The predicted molar refractivity (Wildman–Crippen MR) is 115 cm³/mol. The summed E-state index contributed by atoms with van der Waals surface area (Å²) in [5.74, 6) is -0.0350. The first kappa shape index (κ1) is 20.9. The van der Waals surface area contributed by atoms with E-state index in [0.29, 0.717) is 27.9 Å². The normalized spacial score (nSPS) is 10.9. The molecule has 0 bridgehead atoms. The minimum atomic E-state index is -0.402. The third-order valence-electron chi connectivity index (χ3n) is 4.11. The molecular weight excluding hydrogens is 412 g/mol. The lowest BCUT2D eigenvalue weighted by Gasteiger charge is -2.09. The molecule has 0 saturated carbocycles. The molecule has 0 fully saturated rings. The van der Waals surface area contributed by atoms with Crippen molar-refractivity contribution in [1.82, 2.24) is 5.32 Å². The molecule has 0 spiro atoms. The van der Waals surface area contributed by atoms with Crippen molar-refractivity contribution in [3.63, 3.8) is 0 Å². The average molecular weight is 430 g/mol. The minimum absolute atomic E-state index is 0.0343. The van der Waals surface area contributed by atoms with Crippen LogP contribution in [0.15, 0.2) is 72.8 Å². The van der Waals surface area contributed by atoms with E-state index in [2.05, 4.69) is 5.32 Å². The zero-order chi connectivity index (χ0) is 20.6. The number of rotatable bonds is 7. The van der Waals surface area contributed by atoms with Gasteiger partial charge in [0.15, 0.2) is 0 Å². The molecule has 0 unspecified atom stereocenters. The first-order valence-electron chi connectivity index (χ1n) is 8.87. The van der Waals surface area contributed by atoms with Crippen LogP contribution >= 0.6 is 23.2 Å². The molecule has 0 heterocycles. The van der Waals surface area contributed by atoms with Gasteiger partial charge < -0.3 is 10.1 Å². The summed E-state index contributed by atoms with van der Waals surface area (Å²) >= 11 is 11.9. The molecule has 0 atom stereocenters. The van der Waals surface area contributed by atoms with Gasteiger partial charge in [0, 0.05) is 23.2 Å². The number of carbonyl (C=O) groups excluding carboxylic acids is 1. The van der Waals surface area contributed by atoms with E-state index in [-0.39, 0.29) is 12.5 Å². The zero-order valence-corrected chi connectivity index (χ0v) is 16.9. The van der Waals surface area contributed by atoms with Crippen molar-refractivity contribution in [2.24, 2.45) is 0 Å². The Kier molecular flexibility index (Phi) is 7.28. The molecule has 148 valence electrons. The molecule has 0 aliphatic carbocycles. The van der Waals surface area contributed by atoms with Crippen LogP contribution in [0.25, 0.3) is 6.08 Å². The van der Waals surface area contributed by atoms with Crippen LogP contribution in [0, 0.1) is 5.82 Å². The van der Waals surface area contributed by atoms with Gasteiger partial charge in [0.2, 0.25) is 5.91 Å². The second-order valence-electron chi connectivity index (χ2n) is 6.24.